The smallest absolute Gasteiger partial charge is 0.187 e. The molecule has 0 amide bonds. The Bertz CT molecular complexity index is 767. The van der Waals surface area contributed by atoms with Crippen molar-refractivity contribution in [1.29, 1.82) is 0 Å². The van der Waals surface area contributed by atoms with Crippen molar-refractivity contribution >= 4 is 23.2 Å². The van der Waals surface area contributed by atoms with Gasteiger partial charge >= 0.3 is 0 Å². The topological polar surface area (TPSA) is 43.6 Å². The van der Waals surface area contributed by atoms with Crippen LogP contribution in [0.25, 0.3) is 17.1 Å². The molecule has 0 aliphatic rings. The van der Waals surface area contributed by atoms with Crippen LogP contribution in [0.2, 0.25) is 10.0 Å². The van der Waals surface area contributed by atoms with Gasteiger partial charge in [-0.25, -0.2) is 0 Å². The quantitative estimate of drug-likeness (QED) is 0.720. The van der Waals surface area contributed by atoms with Gasteiger partial charge < -0.3 is 0 Å². The number of halogens is 2. The van der Waals surface area contributed by atoms with Gasteiger partial charge in [-0.2, -0.15) is 4.68 Å². The van der Waals surface area contributed by atoms with Crippen LogP contribution in [0.4, 0.5) is 0 Å². The highest BCUT2D eigenvalue weighted by Crippen LogP contribution is 2.28. The van der Waals surface area contributed by atoms with Gasteiger partial charge in [0.1, 0.15) is 0 Å². The standard InChI is InChI=1S/C14H10Cl2N4/c1-9-3-2-4-11(7-9)20-14(17-18-19-20)10-5-6-12(15)13(16)8-10/h2-8H,1H3. The van der Waals surface area contributed by atoms with Crippen LogP contribution in [0.1, 0.15) is 5.56 Å². The maximum absolute atomic E-state index is 6.04. The van der Waals surface area contributed by atoms with Crippen molar-refractivity contribution in [3.05, 3.63) is 58.1 Å². The fourth-order valence-electron chi connectivity index (χ4n) is 1.94. The van der Waals surface area contributed by atoms with Gasteiger partial charge in [-0.1, -0.05) is 35.3 Å². The van der Waals surface area contributed by atoms with E-state index in [0.717, 1.165) is 16.8 Å². The monoisotopic (exact) mass is 304 g/mol. The zero-order chi connectivity index (χ0) is 14.1. The molecule has 1 heterocycles. The summed E-state index contributed by atoms with van der Waals surface area (Å²) in [6, 6.07) is 13.3. The summed E-state index contributed by atoms with van der Waals surface area (Å²) in [6.07, 6.45) is 0. The predicted molar refractivity (Wildman–Crippen MR) is 79.3 cm³/mol. The highest BCUT2D eigenvalue weighted by Gasteiger charge is 2.12. The van der Waals surface area contributed by atoms with E-state index in [1.54, 1.807) is 16.8 Å². The highest BCUT2D eigenvalue weighted by molar-refractivity contribution is 6.42. The molecule has 4 nitrogen and oxygen atoms in total. The van der Waals surface area contributed by atoms with E-state index in [0.29, 0.717) is 15.9 Å². The molecule has 0 bridgehead atoms. The molecule has 0 aliphatic carbocycles. The zero-order valence-corrected chi connectivity index (χ0v) is 12.1. The summed E-state index contributed by atoms with van der Waals surface area (Å²) in [5, 5.41) is 12.8. The molecule has 100 valence electrons. The third kappa shape index (κ3) is 2.40. The Hall–Kier alpha value is -1.91. The largest absolute Gasteiger partial charge is 0.193 e. The van der Waals surface area contributed by atoms with Crippen LogP contribution >= 0.6 is 23.2 Å². The number of aryl methyl sites for hydroxylation is 1. The molecule has 0 saturated carbocycles. The van der Waals surface area contributed by atoms with E-state index < -0.39 is 0 Å². The zero-order valence-electron chi connectivity index (χ0n) is 10.6. The third-order valence-electron chi connectivity index (χ3n) is 2.89. The first-order valence-corrected chi connectivity index (χ1v) is 6.71. The molecule has 20 heavy (non-hydrogen) atoms. The minimum Gasteiger partial charge on any atom is -0.193 e. The van der Waals surface area contributed by atoms with Crippen LogP contribution in [0, 0.1) is 6.92 Å². The van der Waals surface area contributed by atoms with Crippen molar-refractivity contribution in [2.45, 2.75) is 6.92 Å². The predicted octanol–water partition coefficient (Wildman–Crippen LogP) is 3.94. The van der Waals surface area contributed by atoms with E-state index in [9.17, 15) is 0 Å². The second kappa shape index (κ2) is 5.23. The molecule has 3 aromatic rings. The van der Waals surface area contributed by atoms with Crippen LogP contribution in [0.15, 0.2) is 42.5 Å². The minimum atomic E-state index is 0.475. The first-order chi connectivity index (χ1) is 9.65. The van der Waals surface area contributed by atoms with E-state index in [1.165, 1.54) is 0 Å². The van der Waals surface area contributed by atoms with Crippen LogP contribution in [-0.2, 0) is 0 Å². The lowest BCUT2D eigenvalue weighted by atomic mass is 10.2. The van der Waals surface area contributed by atoms with Gasteiger partial charge in [0.05, 0.1) is 15.7 Å². The Labute approximate surface area is 126 Å². The van der Waals surface area contributed by atoms with Crippen molar-refractivity contribution in [2.24, 2.45) is 0 Å². The number of hydrogen-bond donors (Lipinski definition) is 0. The summed E-state index contributed by atoms with van der Waals surface area (Å²) in [4.78, 5) is 0. The molecule has 0 unspecified atom stereocenters. The lowest BCUT2D eigenvalue weighted by Gasteiger charge is -2.06. The highest BCUT2D eigenvalue weighted by atomic mass is 35.5. The van der Waals surface area contributed by atoms with Gasteiger partial charge in [0.2, 0.25) is 0 Å². The number of hydrogen-bond acceptors (Lipinski definition) is 3. The molecule has 2 aromatic carbocycles. The number of nitrogens with zero attached hydrogens (tertiary/aromatic N) is 4. The molecule has 0 fully saturated rings. The molecule has 0 saturated heterocycles. The number of benzene rings is 2. The second-order valence-electron chi connectivity index (χ2n) is 4.38. The minimum absolute atomic E-state index is 0.475. The number of rotatable bonds is 2. The Morgan fingerprint density at radius 1 is 1.00 bits per heavy atom. The Balaban J connectivity index is 2.12. The summed E-state index contributed by atoms with van der Waals surface area (Å²) in [7, 11) is 0. The molecule has 1 aromatic heterocycles. The number of aromatic nitrogens is 4. The lowest BCUT2D eigenvalue weighted by molar-refractivity contribution is 0.790. The maximum Gasteiger partial charge on any atom is 0.187 e. The Kier molecular flexibility index (Phi) is 3.42. The van der Waals surface area contributed by atoms with Crippen LogP contribution < -0.4 is 0 Å². The number of tetrazole rings is 1. The fourth-order valence-corrected chi connectivity index (χ4v) is 2.23. The van der Waals surface area contributed by atoms with Crippen LogP contribution in [-0.4, -0.2) is 20.2 Å². The molecule has 0 aliphatic heterocycles. The van der Waals surface area contributed by atoms with Gasteiger partial charge in [-0.15, -0.1) is 5.10 Å². The fraction of sp³-hybridized carbons (Fsp3) is 0.0714. The van der Waals surface area contributed by atoms with Crippen LogP contribution in [0.3, 0.4) is 0 Å². The molecular formula is C14H10Cl2N4. The first-order valence-electron chi connectivity index (χ1n) is 5.96. The van der Waals surface area contributed by atoms with Crippen LogP contribution in [0.5, 0.6) is 0 Å². The molecular weight excluding hydrogens is 295 g/mol. The Morgan fingerprint density at radius 3 is 2.60 bits per heavy atom. The second-order valence-corrected chi connectivity index (χ2v) is 5.20. The van der Waals surface area contributed by atoms with Gasteiger partial charge in [-0.05, 0) is 53.2 Å². The lowest BCUT2D eigenvalue weighted by Crippen LogP contribution is -2.00. The summed E-state index contributed by atoms with van der Waals surface area (Å²) >= 11 is 12.0. The van der Waals surface area contributed by atoms with Crippen molar-refractivity contribution in [3.8, 4) is 17.1 Å². The van der Waals surface area contributed by atoms with Gasteiger partial charge in [0.15, 0.2) is 5.82 Å². The van der Waals surface area contributed by atoms with Gasteiger partial charge in [0, 0.05) is 5.56 Å². The summed E-state index contributed by atoms with van der Waals surface area (Å²) < 4.78 is 1.67. The molecule has 0 radical (unpaired) electrons. The summed E-state index contributed by atoms with van der Waals surface area (Å²) in [6.45, 7) is 2.02. The molecule has 3 rings (SSSR count). The summed E-state index contributed by atoms with van der Waals surface area (Å²) in [5.74, 6) is 0.620. The van der Waals surface area contributed by atoms with Crippen molar-refractivity contribution in [1.82, 2.24) is 20.2 Å². The first kappa shape index (κ1) is 13.1. The molecule has 0 spiro atoms. The average molecular weight is 305 g/mol. The van der Waals surface area contributed by atoms with E-state index >= 15 is 0 Å². The molecule has 0 N–H and O–H groups in total. The van der Waals surface area contributed by atoms with Gasteiger partial charge in [-0.3, -0.25) is 0 Å². The van der Waals surface area contributed by atoms with Crippen molar-refractivity contribution in [3.63, 3.8) is 0 Å². The summed E-state index contributed by atoms with van der Waals surface area (Å²) in [5.41, 5.74) is 2.85. The molecule has 6 heteroatoms. The van der Waals surface area contributed by atoms with Crippen molar-refractivity contribution < 1.29 is 0 Å². The molecule has 0 atom stereocenters. The van der Waals surface area contributed by atoms with E-state index in [1.807, 2.05) is 37.3 Å². The average Bonchev–Trinajstić information content (AvgIpc) is 2.91. The van der Waals surface area contributed by atoms with Crippen molar-refractivity contribution in [2.75, 3.05) is 0 Å². The van der Waals surface area contributed by atoms with E-state index in [4.69, 9.17) is 23.2 Å². The normalized spacial score (nSPS) is 10.8. The Morgan fingerprint density at radius 2 is 1.85 bits per heavy atom. The van der Waals surface area contributed by atoms with Gasteiger partial charge in [0.25, 0.3) is 0 Å². The SMILES string of the molecule is Cc1cccc(-n2nnnc2-c2ccc(Cl)c(Cl)c2)c1. The van der Waals surface area contributed by atoms with E-state index in [2.05, 4.69) is 15.5 Å². The van der Waals surface area contributed by atoms with E-state index in [-0.39, 0.29) is 0 Å². The maximum atomic E-state index is 6.04. The third-order valence-corrected chi connectivity index (χ3v) is 3.63.